The summed E-state index contributed by atoms with van der Waals surface area (Å²) in [5, 5.41) is 16.3. The summed E-state index contributed by atoms with van der Waals surface area (Å²) in [6, 6.07) is 6.43. The van der Waals surface area contributed by atoms with Crippen LogP contribution in [0.5, 0.6) is 0 Å². The van der Waals surface area contributed by atoms with Crippen LogP contribution in [-0.4, -0.2) is 24.5 Å². The number of aryl methyl sites for hydroxylation is 2. The molecule has 3 heterocycles. The number of non-ortho nitro benzene ring substituents is 1. The summed E-state index contributed by atoms with van der Waals surface area (Å²) in [7, 11) is 0. The van der Waals surface area contributed by atoms with E-state index >= 15 is 0 Å². The monoisotopic (exact) mass is 377 g/mol. The van der Waals surface area contributed by atoms with Gasteiger partial charge in [0.2, 0.25) is 0 Å². The van der Waals surface area contributed by atoms with Crippen LogP contribution in [0.1, 0.15) is 34.7 Å². The normalized spacial score (nSPS) is 14.2. The minimum atomic E-state index is -0.402. The van der Waals surface area contributed by atoms with E-state index < -0.39 is 4.92 Å². The van der Waals surface area contributed by atoms with Gasteiger partial charge in [-0.25, -0.2) is 9.97 Å². The van der Waals surface area contributed by atoms with E-state index in [-0.39, 0.29) is 5.69 Å². The molecule has 7 nitrogen and oxygen atoms in total. The van der Waals surface area contributed by atoms with Crippen LogP contribution in [0.4, 0.5) is 5.69 Å². The lowest BCUT2D eigenvalue weighted by Gasteiger charge is -2.10. The maximum absolute atomic E-state index is 10.8. The molecule has 0 bridgehead atoms. The van der Waals surface area contributed by atoms with Crippen LogP contribution >= 0.6 is 11.3 Å². The number of nitrogens with zero attached hydrogens (tertiary/aromatic N) is 5. The van der Waals surface area contributed by atoms with Crippen molar-refractivity contribution in [3.8, 4) is 0 Å². The van der Waals surface area contributed by atoms with E-state index in [1.807, 2.05) is 12.2 Å². The molecule has 0 saturated heterocycles. The molecule has 1 aliphatic carbocycles. The number of nitro groups is 1. The van der Waals surface area contributed by atoms with Crippen LogP contribution in [0.2, 0.25) is 0 Å². The van der Waals surface area contributed by atoms with Gasteiger partial charge >= 0.3 is 0 Å². The molecule has 0 unspecified atom stereocenters. The van der Waals surface area contributed by atoms with Gasteiger partial charge in [0.1, 0.15) is 11.2 Å². The molecular weight excluding hydrogens is 362 g/mol. The number of hydrogen-bond donors (Lipinski definition) is 0. The molecule has 0 aliphatic heterocycles. The SMILES string of the molecule is O=[N+]([O-])c1ccc(/C=C/c2nc3sc4c(c3c3ncnn23)CCCC4)cc1. The minimum absolute atomic E-state index is 0.0783. The predicted molar refractivity (Wildman–Crippen MR) is 105 cm³/mol. The molecule has 134 valence electrons. The molecule has 0 spiro atoms. The Morgan fingerprint density at radius 2 is 1.96 bits per heavy atom. The van der Waals surface area contributed by atoms with Crippen LogP contribution in [0.25, 0.3) is 28.0 Å². The minimum Gasteiger partial charge on any atom is -0.258 e. The van der Waals surface area contributed by atoms with E-state index in [9.17, 15) is 10.1 Å². The molecule has 0 atom stereocenters. The van der Waals surface area contributed by atoms with Gasteiger partial charge in [-0.15, -0.1) is 11.3 Å². The van der Waals surface area contributed by atoms with Gasteiger partial charge in [0, 0.05) is 17.0 Å². The van der Waals surface area contributed by atoms with Crippen LogP contribution in [0.3, 0.4) is 0 Å². The van der Waals surface area contributed by atoms with Crippen molar-refractivity contribution >= 4 is 45.0 Å². The molecule has 8 heteroatoms. The Kier molecular flexibility index (Phi) is 3.71. The number of benzene rings is 1. The summed E-state index contributed by atoms with van der Waals surface area (Å²) in [5.74, 6) is 0.701. The summed E-state index contributed by atoms with van der Waals surface area (Å²) in [6.07, 6.45) is 9.96. The van der Waals surface area contributed by atoms with Gasteiger partial charge < -0.3 is 0 Å². The first-order chi connectivity index (χ1) is 13.2. The lowest BCUT2D eigenvalue weighted by atomic mass is 9.97. The predicted octanol–water partition coefficient (Wildman–Crippen LogP) is 4.30. The molecule has 0 saturated carbocycles. The average molecular weight is 377 g/mol. The molecule has 4 aromatic rings. The van der Waals surface area contributed by atoms with E-state index in [0.717, 1.165) is 34.3 Å². The van der Waals surface area contributed by atoms with Crippen molar-refractivity contribution in [3.63, 3.8) is 0 Å². The van der Waals surface area contributed by atoms with Gasteiger partial charge in [-0.1, -0.05) is 6.08 Å². The standard InChI is InChI=1S/C19H15N5O2S/c25-24(26)13-8-5-12(6-9-13)7-10-16-22-19-17(18-20-11-21-23(16)18)14-3-1-2-4-15(14)27-19/h5-11H,1-4H2/b10-7+. The van der Waals surface area contributed by atoms with Crippen molar-refractivity contribution < 1.29 is 4.92 Å². The van der Waals surface area contributed by atoms with Crippen molar-refractivity contribution in [1.29, 1.82) is 0 Å². The molecule has 0 N–H and O–H groups in total. The highest BCUT2D eigenvalue weighted by molar-refractivity contribution is 7.19. The van der Waals surface area contributed by atoms with Crippen LogP contribution in [-0.2, 0) is 12.8 Å². The molecule has 0 amide bonds. The fourth-order valence-electron chi connectivity index (χ4n) is 3.58. The van der Waals surface area contributed by atoms with Crippen LogP contribution < -0.4 is 0 Å². The summed E-state index contributed by atoms with van der Waals surface area (Å²) in [4.78, 5) is 22.1. The maximum Gasteiger partial charge on any atom is 0.269 e. The Bertz CT molecular complexity index is 1210. The van der Waals surface area contributed by atoms with Crippen molar-refractivity contribution in [3.05, 3.63) is 62.5 Å². The zero-order valence-corrected chi connectivity index (χ0v) is 15.1. The van der Waals surface area contributed by atoms with E-state index in [1.165, 1.54) is 35.4 Å². The molecule has 1 aliphatic rings. The molecule has 3 aromatic heterocycles. The molecular formula is C19H15N5O2S. The van der Waals surface area contributed by atoms with Gasteiger partial charge in [-0.2, -0.15) is 9.61 Å². The molecule has 0 radical (unpaired) electrons. The Morgan fingerprint density at radius 3 is 2.78 bits per heavy atom. The number of rotatable bonds is 3. The zero-order chi connectivity index (χ0) is 18.4. The number of nitro benzene ring substituents is 1. The van der Waals surface area contributed by atoms with Crippen LogP contribution in [0.15, 0.2) is 30.6 Å². The summed E-state index contributed by atoms with van der Waals surface area (Å²) >= 11 is 1.76. The van der Waals surface area contributed by atoms with Crippen molar-refractivity contribution in [2.45, 2.75) is 25.7 Å². The molecule has 0 fully saturated rings. The quantitative estimate of drug-likeness (QED) is 0.392. The van der Waals surface area contributed by atoms with Crippen molar-refractivity contribution in [2.75, 3.05) is 0 Å². The molecule has 5 rings (SSSR count). The highest BCUT2D eigenvalue weighted by Gasteiger charge is 2.21. The van der Waals surface area contributed by atoms with E-state index in [0.29, 0.717) is 5.82 Å². The third-order valence-corrected chi connectivity index (χ3v) is 6.07. The van der Waals surface area contributed by atoms with Crippen molar-refractivity contribution in [2.24, 2.45) is 0 Å². The van der Waals surface area contributed by atoms with Gasteiger partial charge in [-0.05, 0) is 55.0 Å². The summed E-state index contributed by atoms with van der Waals surface area (Å²) in [5.41, 5.74) is 3.18. The Morgan fingerprint density at radius 1 is 1.15 bits per heavy atom. The number of hydrogen-bond acceptors (Lipinski definition) is 6. The third-order valence-electron chi connectivity index (χ3n) is 4.89. The van der Waals surface area contributed by atoms with E-state index in [1.54, 1.807) is 34.3 Å². The highest BCUT2D eigenvalue weighted by atomic mass is 32.1. The fraction of sp³-hybridized carbons (Fsp3) is 0.211. The Labute approximate surface area is 158 Å². The van der Waals surface area contributed by atoms with Gasteiger partial charge in [0.25, 0.3) is 5.69 Å². The first kappa shape index (κ1) is 16.1. The number of aromatic nitrogens is 4. The lowest BCUT2D eigenvalue weighted by molar-refractivity contribution is -0.384. The van der Waals surface area contributed by atoms with E-state index in [2.05, 4.69) is 10.1 Å². The Balaban J connectivity index is 1.60. The topological polar surface area (TPSA) is 86.2 Å². The summed E-state index contributed by atoms with van der Waals surface area (Å²) < 4.78 is 1.77. The number of fused-ring (bicyclic) bond motifs is 5. The lowest BCUT2D eigenvalue weighted by Crippen LogP contribution is -2.01. The van der Waals surface area contributed by atoms with Gasteiger partial charge in [-0.3, -0.25) is 10.1 Å². The third kappa shape index (κ3) is 2.69. The smallest absolute Gasteiger partial charge is 0.258 e. The maximum atomic E-state index is 10.8. The second-order valence-corrected chi connectivity index (χ2v) is 7.62. The molecule has 1 aromatic carbocycles. The van der Waals surface area contributed by atoms with Gasteiger partial charge in [0.05, 0.1) is 10.3 Å². The first-order valence-electron chi connectivity index (χ1n) is 8.77. The second kappa shape index (κ2) is 6.24. The number of thiophene rings is 1. The fourth-order valence-corrected chi connectivity index (χ4v) is 4.84. The Hall–Kier alpha value is -3.13. The average Bonchev–Trinajstić information content (AvgIpc) is 3.30. The van der Waals surface area contributed by atoms with Crippen molar-refractivity contribution in [1.82, 2.24) is 19.6 Å². The first-order valence-corrected chi connectivity index (χ1v) is 9.59. The zero-order valence-electron chi connectivity index (χ0n) is 14.3. The van der Waals surface area contributed by atoms with E-state index in [4.69, 9.17) is 4.98 Å². The van der Waals surface area contributed by atoms with Gasteiger partial charge in [0.15, 0.2) is 11.5 Å². The largest absolute Gasteiger partial charge is 0.269 e. The van der Waals surface area contributed by atoms with Crippen LogP contribution in [0, 0.1) is 10.1 Å². The highest BCUT2D eigenvalue weighted by Crippen LogP contribution is 2.37. The summed E-state index contributed by atoms with van der Waals surface area (Å²) in [6.45, 7) is 0. The molecule has 27 heavy (non-hydrogen) atoms. The second-order valence-electron chi connectivity index (χ2n) is 6.54.